The molecule has 4 amide bonds. The van der Waals surface area contributed by atoms with E-state index in [9.17, 15) is 18.8 Å². The van der Waals surface area contributed by atoms with Crippen LogP contribution in [-0.4, -0.2) is 54.0 Å². The highest BCUT2D eigenvalue weighted by atomic mass is 35.5. The van der Waals surface area contributed by atoms with Gasteiger partial charge in [-0.1, -0.05) is 11.6 Å². The van der Waals surface area contributed by atoms with Gasteiger partial charge in [0.15, 0.2) is 0 Å². The summed E-state index contributed by atoms with van der Waals surface area (Å²) in [6, 6.07) is 4.11. The van der Waals surface area contributed by atoms with E-state index in [1.54, 1.807) is 24.0 Å². The molecule has 2 atom stereocenters. The first-order valence-electron chi connectivity index (χ1n) is 8.83. The third-order valence-corrected chi connectivity index (χ3v) is 5.46. The zero-order valence-corrected chi connectivity index (χ0v) is 16.0. The van der Waals surface area contributed by atoms with E-state index in [1.165, 1.54) is 6.07 Å². The summed E-state index contributed by atoms with van der Waals surface area (Å²) in [7, 11) is 0. The number of halogens is 2. The second-order valence-electron chi connectivity index (χ2n) is 7.22. The van der Waals surface area contributed by atoms with Crippen LogP contribution in [0.1, 0.15) is 26.7 Å². The van der Waals surface area contributed by atoms with Crippen molar-refractivity contribution < 1.29 is 18.8 Å². The molecule has 27 heavy (non-hydrogen) atoms. The molecule has 2 aliphatic rings. The molecule has 1 aromatic rings. The summed E-state index contributed by atoms with van der Waals surface area (Å²) < 4.78 is 13.4. The highest BCUT2D eigenvalue weighted by Gasteiger charge is 2.42. The first-order valence-corrected chi connectivity index (χ1v) is 9.20. The van der Waals surface area contributed by atoms with Crippen molar-refractivity contribution in [2.45, 2.75) is 38.3 Å². The summed E-state index contributed by atoms with van der Waals surface area (Å²) in [5, 5.41) is 4.83. The number of imide groups is 1. The van der Waals surface area contributed by atoms with Crippen LogP contribution in [-0.2, 0) is 9.59 Å². The van der Waals surface area contributed by atoms with Crippen molar-refractivity contribution in [3.05, 3.63) is 29.0 Å². The van der Waals surface area contributed by atoms with E-state index in [4.69, 9.17) is 11.6 Å². The number of carbonyl (C=O) groups is 3. The summed E-state index contributed by atoms with van der Waals surface area (Å²) in [6.07, 6.45) is 0.408. The van der Waals surface area contributed by atoms with Crippen molar-refractivity contribution >= 4 is 35.1 Å². The number of nitrogens with zero attached hydrogens (tertiary/aromatic N) is 2. The second-order valence-corrected chi connectivity index (χ2v) is 7.63. The molecule has 2 fully saturated rings. The molecule has 0 unspecified atom stereocenters. The van der Waals surface area contributed by atoms with Crippen molar-refractivity contribution in [3.8, 4) is 0 Å². The highest BCUT2D eigenvalue weighted by molar-refractivity contribution is 6.31. The molecule has 7 nitrogen and oxygen atoms in total. The summed E-state index contributed by atoms with van der Waals surface area (Å²) in [5.74, 6) is -0.932. The van der Waals surface area contributed by atoms with Crippen LogP contribution in [0.4, 0.5) is 14.9 Å². The van der Waals surface area contributed by atoms with Gasteiger partial charge in [-0.3, -0.25) is 14.9 Å². The summed E-state index contributed by atoms with van der Waals surface area (Å²) in [6.45, 7) is 5.24. The molecule has 2 heterocycles. The van der Waals surface area contributed by atoms with Crippen LogP contribution in [0.5, 0.6) is 0 Å². The fourth-order valence-corrected chi connectivity index (χ4v) is 3.68. The Morgan fingerprint density at radius 1 is 1.37 bits per heavy atom. The van der Waals surface area contributed by atoms with E-state index in [0.29, 0.717) is 19.6 Å². The minimum absolute atomic E-state index is 0.0364. The normalized spacial score (nSPS) is 25.4. The number of carbonyl (C=O) groups excluding carboxylic acids is 3. The minimum atomic E-state index is -1.05. The second kappa shape index (κ2) is 7.34. The SMILES string of the molecule is C[C@H]1CN(C(=O)CC[C@@]2(C)NC(=O)NC2=O)CCN1c1ccc(F)c(Cl)c1. The maximum absolute atomic E-state index is 13.4. The van der Waals surface area contributed by atoms with Crippen LogP contribution >= 0.6 is 11.6 Å². The Morgan fingerprint density at radius 2 is 2.11 bits per heavy atom. The van der Waals surface area contributed by atoms with Crippen LogP contribution in [0.2, 0.25) is 5.02 Å². The van der Waals surface area contributed by atoms with E-state index >= 15 is 0 Å². The Labute approximate surface area is 161 Å². The molecule has 0 bridgehead atoms. The number of piperazine rings is 1. The molecule has 0 saturated carbocycles. The zero-order chi connectivity index (χ0) is 19.8. The lowest BCUT2D eigenvalue weighted by Gasteiger charge is -2.41. The average Bonchev–Trinajstić information content (AvgIpc) is 2.87. The Hall–Kier alpha value is -2.35. The molecular formula is C18H22ClFN4O3. The highest BCUT2D eigenvalue weighted by Crippen LogP contribution is 2.26. The predicted molar refractivity (Wildman–Crippen MR) is 99.1 cm³/mol. The molecule has 0 aliphatic carbocycles. The van der Waals surface area contributed by atoms with Crippen LogP contribution in [0.3, 0.4) is 0 Å². The number of rotatable bonds is 4. The Morgan fingerprint density at radius 3 is 2.70 bits per heavy atom. The molecule has 1 aromatic carbocycles. The molecule has 2 N–H and O–H groups in total. The first-order chi connectivity index (χ1) is 12.7. The Balaban J connectivity index is 1.57. The molecular weight excluding hydrogens is 375 g/mol. The average molecular weight is 397 g/mol. The van der Waals surface area contributed by atoms with E-state index in [0.717, 1.165) is 5.69 Å². The maximum Gasteiger partial charge on any atom is 0.322 e. The van der Waals surface area contributed by atoms with Gasteiger partial charge in [-0.2, -0.15) is 0 Å². The molecule has 0 spiro atoms. The third-order valence-electron chi connectivity index (χ3n) is 5.17. The van der Waals surface area contributed by atoms with Crippen LogP contribution in [0, 0.1) is 5.82 Å². The van der Waals surface area contributed by atoms with Gasteiger partial charge in [-0.05, 0) is 38.5 Å². The molecule has 2 saturated heterocycles. The van der Waals surface area contributed by atoms with Gasteiger partial charge < -0.3 is 15.1 Å². The van der Waals surface area contributed by atoms with Crippen molar-refractivity contribution in [2.24, 2.45) is 0 Å². The van der Waals surface area contributed by atoms with Crippen LogP contribution in [0.25, 0.3) is 0 Å². The van der Waals surface area contributed by atoms with Gasteiger partial charge in [0.25, 0.3) is 5.91 Å². The van der Waals surface area contributed by atoms with E-state index in [2.05, 4.69) is 15.5 Å². The van der Waals surface area contributed by atoms with Gasteiger partial charge in [0, 0.05) is 37.8 Å². The molecule has 3 rings (SSSR count). The van der Waals surface area contributed by atoms with Crippen molar-refractivity contribution in [1.82, 2.24) is 15.5 Å². The molecule has 2 aliphatic heterocycles. The number of anilines is 1. The largest absolute Gasteiger partial charge is 0.365 e. The van der Waals surface area contributed by atoms with E-state index in [-0.39, 0.29) is 29.8 Å². The topological polar surface area (TPSA) is 81.8 Å². The molecule has 0 aromatic heterocycles. The van der Waals surface area contributed by atoms with Crippen molar-refractivity contribution in [2.75, 3.05) is 24.5 Å². The van der Waals surface area contributed by atoms with Gasteiger partial charge in [-0.25, -0.2) is 9.18 Å². The van der Waals surface area contributed by atoms with Crippen molar-refractivity contribution in [1.29, 1.82) is 0 Å². The number of nitrogens with one attached hydrogen (secondary N) is 2. The maximum atomic E-state index is 13.4. The lowest BCUT2D eigenvalue weighted by Crippen LogP contribution is -2.54. The van der Waals surface area contributed by atoms with Gasteiger partial charge in [-0.15, -0.1) is 0 Å². The first kappa shape index (κ1) is 19.4. The summed E-state index contributed by atoms with van der Waals surface area (Å²) in [5.41, 5.74) is -0.232. The van der Waals surface area contributed by atoms with E-state index in [1.807, 2.05) is 6.92 Å². The standard InChI is InChI=1S/C18H22ClFN4O3/c1-11-10-23(7-8-24(11)12-3-4-14(20)13(19)9-12)15(25)5-6-18(2)16(26)21-17(27)22-18/h3-4,9,11H,5-8,10H2,1-2H3,(H2,21,22,26,27)/t11-,18+/m0/s1. The lowest BCUT2D eigenvalue weighted by molar-refractivity contribution is -0.132. The molecule has 9 heteroatoms. The number of amides is 4. The summed E-state index contributed by atoms with van der Waals surface area (Å²) >= 11 is 5.87. The van der Waals surface area contributed by atoms with Crippen molar-refractivity contribution in [3.63, 3.8) is 0 Å². The quantitative estimate of drug-likeness (QED) is 0.761. The van der Waals surface area contributed by atoms with E-state index < -0.39 is 23.3 Å². The van der Waals surface area contributed by atoms with Gasteiger partial charge in [0.05, 0.1) is 5.02 Å². The Kier molecular flexibility index (Phi) is 5.28. The lowest BCUT2D eigenvalue weighted by atomic mass is 9.95. The van der Waals surface area contributed by atoms with Crippen LogP contribution in [0.15, 0.2) is 18.2 Å². The van der Waals surface area contributed by atoms with Crippen LogP contribution < -0.4 is 15.5 Å². The number of benzene rings is 1. The Bertz CT molecular complexity index is 790. The number of hydrogen-bond donors (Lipinski definition) is 2. The minimum Gasteiger partial charge on any atom is -0.365 e. The molecule has 146 valence electrons. The fourth-order valence-electron chi connectivity index (χ4n) is 3.50. The fraction of sp³-hybridized carbons (Fsp3) is 0.500. The monoisotopic (exact) mass is 396 g/mol. The van der Waals surface area contributed by atoms with Gasteiger partial charge in [0.2, 0.25) is 5.91 Å². The zero-order valence-electron chi connectivity index (χ0n) is 15.2. The summed E-state index contributed by atoms with van der Waals surface area (Å²) in [4.78, 5) is 39.5. The third kappa shape index (κ3) is 4.00. The number of urea groups is 1. The smallest absolute Gasteiger partial charge is 0.322 e. The number of hydrogen-bond acceptors (Lipinski definition) is 4. The predicted octanol–water partition coefficient (Wildman–Crippen LogP) is 1.89. The molecule has 0 radical (unpaired) electrons. The van der Waals surface area contributed by atoms with Gasteiger partial charge in [0.1, 0.15) is 11.4 Å². The van der Waals surface area contributed by atoms with Gasteiger partial charge >= 0.3 is 6.03 Å².